The molecule has 4 rings (SSSR count). The highest BCUT2D eigenvalue weighted by atomic mass is 127. The molecule has 5 nitrogen and oxygen atoms in total. The van der Waals surface area contributed by atoms with Crippen LogP contribution >= 0.6 is 56.9 Å². The lowest BCUT2D eigenvalue weighted by atomic mass is 10.1. The molecule has 0 bridgehead atoms. The van der Waals surface area contributed by atoms with Crippen molar-refractivity contribution in [2.75, 3.05) is 6.54 Å². The number of halogens is 2. The van der Waals surface area contributed by atoms with Crippen LogP contribution in [0.3, 0.4) is 0 Å². The van der Waals surface area contributed by atoms with Crippen molar-refractivity contribution in [2.45, 2.75) is 6.61 Å². The molecule has 1 aliphatic rings. The molecule has 2 amide bonds. The number of thioether (sulfide) groups is 1. The number of imide groups is 1. The number of ketones is 1. The fraction of sp³-hybridized carbons (Fsp3) is 0.0800. The number of carbonyl (C=O) groups excluding carboxylic acids is 3. The molecule has 166 valence electrons. The molecular weight excluding hydrogens is 664 g/mol. The van der Waals surface area contributed by atoms with E-state index in [1.807, 2.05) is 42.5 Å². The predicted octanol–water partition coefficient (Wildman–Crippen LogP) is 6.39. The van der Waals surface area contributed by atoms with E-state index in [9.17, 15) is 14.4 Å². The van der Waals surface area contributed by atoms with Gasteiger partial charge in [0.2, 0.25) is 0 Å². The maximum Gasteiger partial charge on any atom is 0.293 e. The summed E-state index contributed by atoms with van der Waals surface area (Å²) in [5, 5.41) is -0.456. The molecule has 33 heavy (non-hydrogen) atoms. The monoisotopic (exact) mass is 681 g/mol. The maximum atomic E-state index is 13.0. The Hall–Kier alpha value is -2.18. The Balaban J connectivity index is 1.57. The summed E-state index contributed by atoms with van der Waals surface area (Å²) in [6, 6.07) is 22.3. The fourth-order valence-corrected chi connectivity index (χ4v) is 6.08. The molecule has 0 atom stereocenters. The molecule has 0 saturated carbocycles. The zero-order chi connectivity index (χ0) is 23.4. The van der Waals surface area contributed by atoms with Gasteiger partial charge in [0.25, 0.3) is 11.1 Å². The molecule has 3 aromatic carbocycles. The zero-order valence-corrected chi connectivity index (χ0v) is 22.3. The highest BCUT2D eigenvalue weighted by Gasteiger charge is 2.36. The second-order valence-corrected chi connectivity index (χ2v) is 10.5. The lowest BCUT2D eigenvalue weighted by molar-refractivity contribution is -0.122. The first-order chi connectivity index (χ1) is 15.9. The molecule has 1 heterocycles. The van der Waals surface area contributed by atoms with Crippen LogP contribution in [0.15, 0.2) is 77.7 Å². The third-order valence-electron chi connectivity index (χ3n) is 4.82. The van der Waals surface area contributed by atoms with E-state index in [1.165, 1.54) is 0 Å². The minimum atomic E-state index is -0.475. The molecule has 3 aromatic rings. The first-order valence-corrected chi connectivity index (χ1v) is 12.9. The Labute approximate surface area is 222 Å². The van der Waals surface area contributed by atoms with Crippen molar-refractivity contribution in [3.63, 3.8) is 0 Å². The first kappa shape index (κ1) is 24.0. The van der Waals surface area contributed by atoms with Crippen LogP contribution in [-0.4, -0.2) is 28.4 Å². The summed E-state index contributed by atoms with van der Waals surface area (Å²) in [5.41, 5.74) is 2.20. The Bertz CT molecular complexity index is 1250. The van der Waals surface area contributed by atoms with E-state index in [2.05, 4.69) is 45.2 Å². The van der Waals surface area contributed by atoms with Crippen molar-refractivity contribution in [3.8, 4) is 5.75 Å². The van der Waals surface area contributed by atoms with E-state index in [-0.39, 0.29) is 17.2 Å². The Morgan fingerprint density at radius 2 is 1.64 bits per heavy atom. The fourth-order valence-electron chi connectivity index (χ4n) is 3.21. The maximum absolute atomic E-state index is 13.0. The number of rotatable bonds is 7. The Morgan fingerprint density at radius 1 is 0.970 bits per heavy atom. The van der Waals surface area contributed by atoms with Gasteiger partial charge in [0.05, 0.1) is 15.0 Å². The highest BCUT2D eigenvalue weighted by molar-refractivity contribution is 14.1. The van der Waals surface area contributed by atoms with Crippen LogP contribution in [0.2, 0.25) is 0 Å². The minimum Gasteiger partial charge on any atom is -0.487 e. The molecule has 0 N–H and O–H groups in total. The summed E-state index contributed by atoms with van der Waals surface area (Å²) < 4.78 is 7.99. The van der Waals surface area contributed by atoms with Crippen LogP contribution < -0.4 is 4.74 Å². The second kappa shape index (κ2) is 10.8. The van der Waals surface area contributed by atoms with Gasteiger partial charge in [-0.2, -0.15) is 0 Å². The average Bonchev–Trinajstić information content (AvgIpc) is 3.07. The van der Waals surface area contributed by atoms with E-state index in [4.69, 9.17) is 4.74 Å². The summed E-state index contributed by atoms with van der Waals surface area (Å²) in [6.45, 7) is 0.0958. The van der Waals surface area contributed by atoms with E-state index >= 15 is 0 Å². The van der Waals surface area contributed by atoms with Crippen LogP contribution in [0.4, 0.5) is 4.79 Å². The van der Waals surface area contributed by atoms with Gasteiger partial charge in [-0.25, -0.2) is 0 Å². The quantitative estimate of drug-likeness (QED) is 0.164. The number of benzene rings is 3. The molecule has 0 aromatic heterocycles. The van der Waals surface area contributed by atoms with Crippen LogP contribution in [0, 0.1) is 7.14 Å². The van der Waals surface area contributed by atoms with Crippen molar-refractivity contribution in [1.82, 2.24) is 4.90 Å². The summed E-state index contributed by atoms with van der Waals surface area (Å²) in [6.07, 6.45) is 1.67. The van der Waals surface area contributed by atoms with E-state index in [0.29, 0.717) is 23.5 Å². The van der Waals surface area contributed by atoms with Crippen LogP contribution in [0.1, 0.15) is 21.5 Å². The normalized spacial score (nSPS) is 14.7. The number of carbonyl (C=O) groups is 3. The number of ether oxygens (including phenoxy) is 1. The SMILES string of the molecule is O=C(CN1C(=O)S/C(=C/c2cc(I)cc(I)c2OCc2ccccc2)C1=O)c1ccccc1. The van der Waals surface area contributed by atoms with E-state index in [1.54, 1.807) is 36.4 Å². The largest absolute Gasteiger partial charge is 0.487 e. The lowest BCUT2D eigenvalue weighted by Gasteiger charge is -2.13. The van der Waals surface area contributed by atoms with Gasteiger partial charge in [0.1, 0.15) is 12.4 Å². The molecule has 1 saturated heterocycles. The number of amides is 2. The predicted molar refractivity (Wildman–Crippen MR) is 146 cm³/mol. The van der Waals surface area contributed by atoms with Gasteiger partial charge in [-0.1, -0.05) is 60.7 Å². The van der Waals surface area contributed by atoms with Gasteiger partial charge >= 0.3 is 0 Å². The highest BCUT2D eigenvalue weighted by Crippen LogP contribution is 2.36. The van der Waals surface area contributed by atoms with Crippen LogP contribution in [0.5, 0.6) is 5.75 Å². The number of Topliss-reactive ketones (excluding diaryl/α,β-unsaturated/α-hetero) is 1. The molecular formula is C25H17I2NO4S. The van der Waals surface area contributed by atoms with Gasteiger partial charge in [-0.15, -0.1) is 0 Å². The Morgan fingerprint density at radius 3 is 2.33 bits per heavy atom. The first-order valence-electron chi connectivity index (χ1n) is 9.92. The minimum absolute atomic E-state index is 0.267. The van der Waals surface area contributed by atoms with Crippen LogP contribution in [0.25, 0.3) is 6.08 Å². The third kappa shape index (κ3) is 5.85. The third-order valence-corrected chi connectivity index (χ3v) is 7.15. The van der Waals surface area contributed by atoms with E-state index in [0.717, 1.165) is 29.4 Å². The number of hydrogen-bond donors (Lipinski definition) is 0. The summed E-state index contributed by atoms with van der Waals surface area (Å²) in [5.74, 6) is -0.112. The topological polar surface area (TPSA) is 63.7 Å². The number of hydrogen-bond acceptors (Lipinski definition) is 5. The molecule has 0 spiro atoms. The molecule has 8 heteroatoms. The summed E-state index contributed by atoms with van der Waals surface area (Å²) in [4.78, 5) is 39.3. The second-order valence-electron chi connectivity index (χ2n) is 7.14. The van der Waals surface area contributed by atoms with Crippen molar-refractivity contribution in [1.29, 1.82) is 0 Å². The summed E-state index contributed by atoms with van der Waals surface area (Å²) in [7, 11) is 0. The number of nitrogens with zero attached hydrogens (tertiary/aromatic N) is 1. The van der Waals surface area contributed by atoms with Crippen molar-refractivity contribution in [3.05, 3.63) is 102 Å². The molecule has 0 aliphatic carbocycles. The van der Waals surface area contributed by atoms with Gasteiger partial charge in [0, 0.05) is 14.7 Å². The summed E-state index contributed by atoms with van der Waals surface area (Å²) >= 11 is 5.25. The van der Waals surface area contributed by atoms with Gasteiger partial charge in [-0.05, 0) is 80.7 Å². The zero-order valence-electron chi connectivity index (χ0n) is 17.2. The average molecular weight is 681 g/mol. The Kier molecular flexibility index (Phi) is 7.86. The van der Waals surface area contributed by atoms with Crippen molar-refractivity contribution >= 4 is 79.9 Å². The van der Waals surface area contributed by atoms with Crippen molar-refractivity contribution < 1.29 is 19.1 Å². The molecule has 0 unspecified atom stereocenters. The van der Waals surface area contributed by atoms with Gasteiger partial charge < -0.3 is 4.74 Å². The van der Waals surface area contributed by atoms with Gasteiger partial charge in [0.15, 0.2) is 5.78 Å². The smallest absolute Gasteiger partial charge is 0.293 e. The van der Waals surface area contributed by atoms with Gasteiger partial charge in [-0.3, -0.25) is 19.3 Å². The molecule has 1 fully saturated rings. The lowest BCUT2D eigenvalue weighted by Crippen LogP contribution is -2.33. The molecule has 0 radical (unpaired) electrons. The van der Waals surface area contributed by atoms with Crippen molar-refractivity contribution in [2.24, 2.45) is 0 Å². The molecule has 1 aliphatic heterocycles. The van der Waals surface area contributed by atoms with E-state index < -0.39 is 11.1 Å². The van der Waals surface area contributed by atoms with Crippen LogP contribution in [-0.2, 0) is 11.4 Å². The standard InChI is InChI=1S/C25H17I2NO4S/c26-19-11-18(23(20(27)13-19)32-15-16-7-3-1-4-8-16)12-22-24(30)28(25(31)33-22)14-21(29)17-9-5-2-6-10-17/h1-13H,14-15H2/b22-12+.